The van der Waals surface area contributed by atoms with E-state index in [0.29, 0.717) is 29.2 Å². The van der Waals surface area contributed by atoms with Crippen molar-refractivity contribution in [3.63, 3.8) is 0 Å². The molecule has 8 bridgehead atoms. The van der Waals surface area contributed by atoms with Crippen LogP contribution in [0.2, 0.25) is 0 Å². The molecular formula is C55H75MgN5O5-2. The van der Waals surface area contributed by atoms with E-state index < -0.39 is 24.0 Å². The van der Waals surface area contributed by atoms with E-state index in [9.17, 15) is 14.4 Å². The van der Waals surface area contributed by atoms with Crippen LogP contribution in [-0.4, -0.2) is 66.2 Å². The summed E-state index contributed by atoms with van der Waals surface area (Å²) in [5.41, 5.74) is 15.5. The number of esters is 2. The van der Waals surface area contributed by atoms with Crippen molar-refractivity contribution in [1.29, 1.82) is 0 Å². The minimum absolute atomic E-state index is 0. The largest absolute Gasteiger partial charge is 2.00 e. The number of ketones is 1. The predicted molar refractivity (Wildman–Crippen MR) is 268 cm³/mol. The Bertz CT molecular complexity index is 2360. The standard InChI is InChI=1S/C55H75N5O5.Mg/c1-12-39-35(8)42-27-44-37(10)41(23-24-48(61)64-26-25-34(7)22-16-21-33(6)20-15-19-32(5)18-14-17-31(3)4)52(59-44)50-51(55(63)65-30-56)54(62)49-38(11)45(60-53(49)50)29-47-40(13-2)36(9)43(58-47)28-46(39)57-42;/h12,25,27-29,31-33,37,41,45,51-52H,1,13-24,26,30,56H2,2-11H3;/q-4;+2/b34-25+,43-28-,44-27-,47-29-;/t32-,33-,37+,41+,45+,51-,52?;/m1./s1. The quantitative estimate of drug-likeness (QED) is 0.0428. The summed E-state index contributed by atoms with van der Waals surface area (Å²) in [6.45, 7) is 25.7. The van der Waals surface area contributed by atoms with E-state index in [2.05, 4.69) is 62.0 Å². The molecule has 1 saturated heterocycles. The van der Waals surface area contributed by atoms with E-state index in [0.717, 1.165) is 86.7 Å². The molecule has 1 unspecified atom stereocenters. The third kappa shape index (κ3) is 12.0. The second-order valence-corrected chi connectivity index (χ2v) is 19.9. The molecule has 6 rings (SSSR count). The Hall–Kier alpha value is -4.06. The van der Waals surface area contributed by atoms with Crippen molar-refractivity contribution in [2.75, 3.05) is 13.3 Å². The molecule has 0 aromatic carbocycles. The van der Waals surface area contributed by atoms with Crippen LogP contribution in [0, 0.1) is 49.4 Å². The summed E-state index contributed by atoms with van der Waals surface area (Å²) in [4.78, 5) is 51.9. The molecule has 0 radical (unpaired) electrons. The summed E-state index contributed by atoms with van der Waals surface area (Å²) in [5.74, 6) is -0.723. The molecule has 2 aromatic rings. The number of ether oxygens (including phenoxy) is 2. The van der Waals surface area contributed by atoms with Crippen LogP contribution in [0.4, 0.5) is 0 Å². The zero-order valence-corrected chi connectivity index (χ0v) is 43.1. The van der Waals surface area contributed by atoms with E-state index >= 15 is 0 Å². The molecule has 2 aromatic heterocycles. The molecule has 0 saturated carbocycles. The van der Waals surface area contributed by atoms with Gasteiger partial charge in [0.2, 0.25) is 0 Å². The zero-order chi connectivity index (χ0) is 47.1. The molecule has 1 fully saturated rings. The van der Waals surface area contributed by atoms with Gasteiger partial charge in [0.15, 0.2) is 5.78 Å². The molecule has 5 heterocycles. The van der Waals surface area contributed by atoms with Gasteiger partial charge in [0.05, 0.1) is 0 Å². The van der Waals surface area contributed by atoms with Gasteiger partial charge in [-0.2, -0.15) is 5.70 Å². The Labute approximate surface area is 411 Å². The average Bonchev–Trinajstić information content (AvgIpc) is 4.00. The number of aromatic nitrogens is 2. The first kappa shape index (κ1) is 52.9. The number of carbonyl (C=O) groups is 3. The molecule has 4 aliphatic rings. The summed E-state index contributed by atoms with van der Waals surface area (Å²) in [7, 11) is 0. The van der Waals surface area contributed by atoms with Crippen LogP contribution < -0.4 is 26.4 Å². The van der Waals surface area contributed by atoms with Gasteiger partial charge in [-0.1, -0.05) is 157 Å². The maximum absolute atomic E-state index is 14.5. The molecular weight excluding hydrogens is 835 g/mol. The number of carbonyl (C=O) groups excluding carboxylic acids is 3. The fourth-order valence-electron chi connectivity index (χ4n) is 10.5. The van der Waals surface area contributed by atoms with Crippen molar-refractivity contribution in [2.45, 2.75) is 158 Å². The third-order valence-corrected chi connectivity index (χ3v) is 14.6. The van der Waals surface area contributed by atoms with Gasteiger partial charge in [0, 0.05) is 12.0 Å². The van der Waals surface area contributed by atoms with Crippen LogP contribution in [0.25, 0.3) is 34.9 Å². The van der Waals surface area contributed by atoms with Gasteiger partial charge < -0.3 is 30.1 Å². The van der Waals surface area contributed by atoms with Gasteiger partial charge in [-0.25, -0.2) is 0 Å². The summed E-state index contributed by atoms with van der Waals surface area (Å²) < 4.78 is 11.2. The van der Waals surface area contributed by atoms with Crippen molar-refractivity contribution in [3.05, 3.63) is 101 Å². The van der Waals surface area contributed by atoms with Crippen molar-refractivity contribution < 1.29 is 23.9 Å². The SMILES string of the molecule is C=Cc1c2[n-]c(c1C)/C=C1\[N-]C(C3=C4[N-][C@@H](/C=c5\[n-]/c(c(C)c5CC)=C\2)C(C)=C4C(=O)[C@@H]3C(=O)OCN)[C@@H](CCC(=O)OC/C=C(\C)CCC[C@H](C)CCC[C@H](C)CCCC(C)C)[C@@H]1C.[Mg+2]. The number of nitrogens with two attached hydrogens (primary N) is 1. The first-order valence-corrected chi connectivity index (χ1v) is 24.5. The number of hydrogen-bond acceptors (Lipinski definition) is 6. The Kier molecular flexibility index (Phi) is 19.1. The monoisotopic (exact) mass is 910 g/mol. The Morgan fingerprint density at radius 1 is 0.879 bits per heavy atom. The minimum atomic E-state index is -1.24. The van der Waals surface area contributed by atoms with Crippen LogP contribution in [0.15, 0.2) is 46.3 Å². The van der Waals surface area contributed by atoms with Gasteiger partial charge in [0.1, 0.15) is 19.3 Å². The maximum Gasteiger partial charge on any atom is 2.00 e. The number of hydrogen-bond donors (Lipinski definition) is 1. The Morgan fingerprint density at radius 2 is 1.56 bits per heavy atom. The minimum Gasteiger partial charge on any atom is -0.681 e. The fraction of sp³-hybridized carbons (Fsp3) is 0.582. The van der Waals surface area contributed by atoms with Gasteiger partial charge in [-0.3, -0.25) is 20.1 Å². The van der Waals surface area contributed by atoms with E-state index in [1.54, 1.807) is 0 Å². The van der Waals surface area contributed by atoms with Crippen molar-refractivity contribution >= 4 is 65.1 Å². The molecule has 1 aliphatic carbocycles. The van der Waals surface area contributed by atoms with E-state index in [1.807, 2.05) is 44.2 Å². The second kappa shape index (κ2) is 23.8. The zero-order valence-electron chi connectivity index (χ0n) is 41.7. The summed E-state index contributed by atoms with van der Waals surface area (Å²) in [6.07, 6.45) is 22.5. The predicted octanol–water partition coefficient (Wildman–Crippen LogP) is 9.71. The molecule has 2 N–H and O–H groups in total. The first-order chi connectivity index (χ1) is 31.1. The van der Waals surface area contributed by atoms with Gasteiger partial charge in [-0.05, 0) is 94.6 Å². The fourth-order valence-corrected chi connectivity index (χ4v) is 10.5. The number of Topliss-reactive ketones (excluding diaryl/α,β-unsaturated/α-hetero) is 1. The molecule has 11 heteroatoms. The molecule has 10 nitrogen and oxygen atoms in total. The van der Waals surface area contributed by atoms with Crippen molar-refractivity contribution in [3.8, 4) is 0 Å². The van der Waals surface area contributed by atoms with Crippen molar-refractivity contribution in [1.82, 2.24) is 9.97 Å². The summed E-state index contributed by atoms with van der Waals surface area (Å²) >= 11 is 0. The van der Waals surface area contributed by atoms with Crippen molar-refractivity contribution in [2.24, 2.45) is 41.2 Å². The summed E-state index contributed by atoms with van der Waals surface area (Å²) in [6, 6.07) is -1.11. The molecule has 66 heavy (non-hydrogen) atoms. The Balaban J connectivity index is 0.00000817. The normalized spacial score (nSPS) is 23.8. The molecule has 7 atom stereocenters. The smallest absolute Gasteiger partial charge is 0.681 e. The maximum atomic E-state index is 14.5. The summed E-state index contributed by atoms with van der Waals surface area (Å²) in [5, 5.41) is 12.1. The Morgan fingerprint density at radius 3 is 2.21 bits per heavy atom. The number of nitrogens with zero attached hydrogens (tertiary/aromatic N) is 4. The van der Waals surface area contributed by atoms with Crippen LogP contribution in [-0.2, 0) is 30.3 Å². The van der Waals surface area contributed by atoms with Crippen LogP contribution >= 0.6 is 0 Å². The molecule has 354 valence electrons. The van der Waals surface area contributed by atoms with E-state index in [-0.39, 0.29) is 66.4 Å². The molecule has 3 aliphatic heterocycles. The second-order valence-electron chi connectivity index (χ2n) is 19.9. The van der Waals surface area contributed by atoms with E-state index in [1.165, 1.54) is 50.5 Å². The number of allylic oxidation sites excluding steroid dienone is 3. The van der Waals surface area contributed by atoms with Crippen LogP contribution in [0.1, 0.15) is 160 Å². The molecule has 0 spiro atoms. The number of fused-ring (bicyclic) bond motifs is 8. The first-order valence-electron chi connectivity index (χ1n) is 24.5. The molecule has 0 amide bonds. The third-order valence-electron chi connectivity index (χ3n) is 14.6. The van der Waals surface area contributed by atoms with Gasteiger partial charge >= 0.3 is 35.0 Å². The topological polar surface area (TPSA) is 152 Å². The van der Waals surface area contributed by atoms with Gasteiger partial charge in [0.25, 0.3) is 0 Å². The van der Waals surface area contributed by atoms with Crippen LogP contribution in [0.3, 0.4) is 0 Å². The van der Waals surface area contributed by atoms with E-state index in [4.69, 9.17) is 35.8 Å². The van der Waals surface area contributed by atoms with Crippen LogP contribution in [0.5, 0.6) is 0 Å². The number of rotatable bonds is 21. The average molecular weight is 911 g/mol. The van der Waals surface area contributed by atoms with Gasteiger partial charge in [-0.15, -0.1) is 33.9 Å².